The quantitative estimate of drug-likeness (QED) is 0.569. The summed E-state index contributed by atoms with van der Waals surface area (Å²) in [6.07, 6.45) is 1.83. The van der Waals surface area contributed by atoms with Crippen LogP contribution < -0.4 is 15.8 Å². The maximum atomic E-state index is 14.1. The molecule has 2 aliphatic rings. The Bertz CT molecular complexity index is 1470. The van der Waals surface area contributed by atoms with Crippen molar-refractivity contribution in [2.45, 2.75) is 38.7 Å². The lowest BCUT2D eigenvalue weighted by molar-refractivity contribution is -0.212. The van der Waals surface area contributed by atoms with Crippen LogP contribution in [-0.4, -0.2) is 39.5 Å². The number of pyridine rings is 1. The van der Waals surface area contributed by atoms with Gasteiger partial charge in [0.15, 0.2) is 11.4 Å². The van der Waals surface area contributed by atoms with Gasteiger partial charge in [0.05, 0.1) is 17.0 Å². The summed E-state index contributed by atoms with van der Waals surface area (Å²) in [6, 6.07) is 9.76. The highest BCUT2D eigenvalue weighted by Crippen LogP contribution is 2.59. The predicted molar refractivity (Wildman–Crippen MR) is 125 cm³/mol. The lowest BCUT2D eigenvalue weighted by Gasteiger charge is -2.60. The number of alkyl halides is 2. The van der Waals surface area contributed by atoms with Gasteiger partial charge in [-0.2, -0.15) is 5.26 Å². The number of nitrogens with one attached hydrogen (secondary N) is 1. The van der Waals surface area contributed by atoms with Crippen LogP contribution in [0.15, 0.2) is 41.3 Å². The Morgan fingerprint density at radius 3 is 2.60 bits per heavy atom. The zero-order valence-corrected chi connectivity index (χ0v) is 19.2. The monoisotopic (exact) mass is 479 g/mol. The molecule has 1 aliphatic carbocycles. The van der Waals surface area contributed by atoms with Crippen LogP contribution in [0.4, 0.5) is 20.3 Å². The summed E-state index contributed by atoms with van der Waals surface area (Å²) >= 11 is 0. The van der Waals surface area contributed by atoms with Gasteiger partial charge in [0.1, 0.15) is 11.7 Å². The molecule has 10 heteroatoms. The van der Waals surface area contributed by atoms with Crippen molar-refractivity contribution in [2.24, 2.45) is 5.41 Å². The Hall–Kier alpha value is -4.00. The standard InChI is InChI=1S/C25H23F2N5O3/c1-14-9-17(15(2)29-19-6-4-3-5-16(19)23(34)35)21-30-20(18(10-28)22(33)32(21)11-14)31-12-24(13-31)7-8-25(24,26)27/h3-6,9,11,15,29H,7-8,12-13H2,1-2H3,(H,34,35)/t15-/m1/s1. The number of nitrogens with zero attached hydrogens (tertiary/aromatic N) is 4. The molecule has 1 saturated carbocycles. The average Bonchev–Trinajstić information content (AvgIpc) is 2.78. The Kier molecular flexibility index (Phi) is 5.05. The molecule has 0 unspecified atom stereocenters. The van der Waals surface area contributed by atoms with Crippen LogP contribution in [0.25, 0.3) is 5.65 Å². The molecule has 2 fully saturated rings. The van der Waals surface area contributed by atoms with Crippen molar-refractivity contribution in [3.8, 4) is 6.07 Å². The number of hydrogen-bond donors (Lipinski definition) is 2. The van der Waals surface area contributed by atoms with Crippen LogP contribution in [0.5, 0.6) is 0 Å². The summed E-state index contributed by atoms with van der Waals surface area (Å²) in [5.41, 5.74) is 0.260. The van der Waals surface area contributed by atoms with Gasteiger partial charge >= 0.3 is 5.97 Å². The van der Waals surface area contributed by atoms with Crippen molar-refractivity contribution in [3.63, 3.8) is 0 Å². The van der Waals surface area contributed by atoms with E-state index in [0.717, 1.165) is 5.56 Å². The van der Waals surface area contributed by atoms with E-state index in [1.807, 2.05) is 19.1 Å². The van der Waals surface area contributed by atoms with Gasteiger partial charge in [-0.05, 0) is 44.0 Å². The van der Waals surface area contributed by atoms with Crippen molar-refractivity contribution in [1.82, 2.24) is 9.38 Å². The Morgan fingerprint density at radius 1 is 1.29 bits per heavy atom. The maximum absolute atomic E-state index is 14.1. The number of aromatic nitrogens is 2. The fourth-order valence-corrected chi connectivity index (χ4v) is 5.04. The number of aryl methyl sites for hydroxylation is 1. The first kappa shape index (κ1) is 22.8. The summed E-state index contributed by atoms with van der Waals surface area (Å²) in [7, 11) is 0. The average molecular weight is 479 g/mol. The molecule has 1 saturated heterocycles. The van der Waals surface area contributed by atoms with Crippen LogP contribution in [0.1, 0.15) is 52.9 Å². The van der Waals surface area contributed by atoms with E-state index in [-0.39, 0.29) is 42.1 Å². The molecule has 1 atom stereocenters. The second-order valence-electron chi connectivity index (χ2n) is 9.45. The topological polar surface area (TPSA) is 111 Å². The van der Waals surface area contributed by atoms with E-state index < -0.39 is 28.9 Å². The number of rotatable bonds is 5. The maximum Gasteiger partial charge on any atom is 0.337 e. The predicted octanol–water partition coefficient (Wildman–Crippen LogP) is 3.98. The van der Waals surface area contributed by atoms with E-state index in [2.05, 4.69) is 10.3 Å². The number of benzene rings is 1. The number of fused-ring (bicyclic) bond motifs is 1. The van der Waals surface area contributed by atoms with Gasteiger partial charge in [-0.3, -0.25) is 9.20 Å². The number of carboxylic acid groups (broad SMARTS) is 1. The van der Waals surface area contributed by atoms with Gasteiger partial charge in [0.2, 0.25) is 0 Å². The third-order valence-electron chi connectivity index (χ3n) is 7.16. The van der Waals surface area contributed by atoms with Gasteiger partial charge in [-0.15, -0.1) is 0 Å². The number of anilines is 2. The molecule has 5 rings (SSSR count). The summed E-state index contributed by atoms with van der Waals surface area (Å²) < 4.78 is 29.5. The fourth-order valence-electron chi connectivity index (χ4n) is 5.04. The van der Waals surface area contributed by atoms with Gasteiger partial charge < -0.3 is 15.3 Å². The minimum atomic E-state index is -2.75. The Labute approximate surface area is 199 Å². The molecule has 0 amide bonds. The number of aromatic carboxylic acids is 1. The molecule has 0 bridgehead atoms. The largest absolute Gasteiger partial charge is 0.478 e. The first-order valence-electron chi connectivity index (χ1n) is 11.3. The van der Waals surface area contributed by atoms with Crippen molar-refractivity contribution in [2.75, 3.05) is 23.3 Å². The Morgan fingerprint density at radius 2 is 2.00 bits per heavy atom. The molecule has 3 aromatic rings. The zero-order valence-electron chi connectivity index (χ0n) is 19.2. The number of nitriles is 1. The molecular formula is C25H23F2N5O3. The van der Waals surface area contributed by atoms with Crippen LogP contribution in [-0.2, 0) is 0 Å². The molecule has 1 aliphatic heterocycles. The summed E-state index contributed by atoms with van der Waals surface area (Å²) in [6.45, 7) is 3.69. The normalized spacial score (nSPS) is 18.4. The highest BCUT2D eigenvalue weighted by atomic mass is 19.3. The molecule has 3 heterocycles. The van der Waals surface area contributed by atoms with Crippen LogP contribution >= 0.6 is 0 Å². The molecular weight excluding hydrogens is 456 g/mol. The molecule has 1 aromatic carbocycles. The number of para-hydroxylation sites is 1. The second kappa shape index (κ2) is 7.77. The molecule has 2 aromatic heterocycles. The van der Waals surface area contributed by atoms with Crippen LogP contribution in [0.2, 0.25) is 0 Å². The molecule has 8 nitrogen and oxygen atoms in total. The van der Waals surface area contributed by atoms with E-state index in [4.69, 9.17) is 0 Å². The fraction of sp³-hybridized carbons (Fsp3) is 0.360. The van der Waals surface area contributed by atoms with Crippen molar-refractivity contribution in [3.05, 3.63) is 69.1 Å². The summed E-state index contributed by atoms with van der Waals surface area (Å²) in [4.78, 5) is 31.1. The smallest absolute Gasteiger partial charge is 0.337 e. The molecule has 180 valence electrons. The van der Waals surface area contributed by atoms with Crippen molar-refractivity contribution in [1.29, 1.82) is 5.26 Å². The first-order valence-corrected chi connectivity index (χ1v) is 11.3. The zero-order chi connectivity index (χ0) is 25.1. The minimum Gasteiger partial charge on any atom is -0.478 e. The summed E-state index contributed by atoms with van der Waals surface area (Å²) in [5.74, 6) is -3.72. The molecule has 1 spiro atoms. The van der Waals surface area contributed by atoms with E-state index in [0.29, 0.717) is 17.7 Å². The highest BCUT2D eigenvalue weighted by molar-refractivity contribution is 5.94. The minimum absolute atomic E-state index is 0.0400. The number of carboxylic acids is 1. The molecule has 35 heavy (non-hydrogen) atoms. The molecule has 0 radical (unpaired) electrons. The lowest BCUT2D eigenvalue weighted by atomic mass is 9.60. The number of halogens is 2. The lowest BCUT2D eigenvalue weighted by Crippen LogP contribution is -2.70. The van der Waals surface area contributed by atoms with Crippen LogP contribution in [0, 0.1) is 23.7 Å². The first-order chi connectivity index (χ1) is 16.6. The second-order valence-corrected chi connectivity index (χ2v) is 9.45. The van der Waals surface area contributed by atoms with Gasteiger partial charge in [0, 0.05) is 37.0 Å². The van der Waals surface area contributed by atoms with E-state index >= 15 is 0 Å². The highest BCUT2D eigenvalue weighted by Gasteiger charge is 2.67. The van der Waals surface area contributed by atoms with Crippen molar-refractivity contribution < 1.29 is 18.7 Å². The van der Waals surface area contributed by atoms with Crippen LogP contribution in [0.3, 0.4) is 0 Å². The molecule has 2 N–H and O–H groups in total. The number of hydrogen-bond acceptors (Lipinski definition) is 6. The van der Waals surface area contributed by atoms with E-state index in [1.54, 1.807) is 36.2 Å². The van der Waals surface area contributed by atoms with Gasteiger partial charge in [-0.25, -0.2) is 18.6 Å². The van der Waals surface area contributed by atoms with Gasteiger partial charge in [-0.1, -0.05) is 12.1 Å². The third-order valence-corrected chi connectivity index (χ3v) is 7.16. The number of carbonyl (C=O) groups is 1. The third kappa shape index (κ3) is 3.41. The van der Waals surface area contributed by atoms with Crippen molar-refractivity contribution >= 4 is 23.1 Å². The SMILES string of the molecule is Cc1cc([C@@H](C)Nc2ccccc2C(=O)O)c2nc(N3CC4(CCC4(F)F)C3)c(C#N)c(=O)n2c1. The Balaban J connectivity index is 1.59. The van der Waals surface area contributed by atoms with E-state index in [1.165, 1.54) is 10.5 Å². The summed E-state index contributed by atoms with van der Waals surface area (Å²) in [5, 5.41) is 22.4. The van der Waals surface area contributed by atoms with E-state index in [9.17, 15) is 28.7 Å². The van der Waals surface area contributed by atoms with Gasteiger partial charge in [0.25, 0.3) is 11.5 Å².